The number of nitrogens with zero attached hydrogens (tertiary/aromatic N) is 6. The number of fused-ring (bicyclic) bond motifs is 19. The Morgan fingerprint density at radius 3 is 1.10 bits per heavy atom. The van der Waals surface area contributed by atoms with Crippen molar-refractivity contribution in [1.29, 1.82) is 10.5 Å². The van der Waals surface area contributed by atoms with E-state index in [1.165, 1.54) is 44.5 Å². The molecule has 4 aliphatic rings. The van der Waals surface area contributed by atoms with Crippen molar-refractivity contribution in [2.45, 2.75) is 10.8 Å². The lowest BCUT2D eigenvalue weighted by atomic mass is 9.66. The summed E-state index contributed by atoms with van der Waals surface area (Å²) in [6.07, 6.45) is 0. The van der Waals surface area contributed by atoms with Crippen LogP contribution in [0.4, 0.5) is 0 Å². The standard InChI is InChI=1S/C100H58N6O2/c101-59-61-20-17-27-66(48-61)68-40-44-85-93(53-68)107-95-55-70(42-46-87(95)99(85)81-36-13-9-31-76(81)77-32-10-14-37-82(77)99)90-57-89(64-22-3-1-4-23-64)103-98(105-90)72-29-18-28-67(51-72)73-49-62(60-102)50-74(52-73)69-41-45-86-94(54-69)108-96-56-71(43-47-88(96)100(86)83-38-15-11-33-78(83)79-34-12-16-39-84(79)100)91-58-92(106-97(104-91)65-24-5-2-6-25-65)80-35-19-26-63-21-7-8-30-75(63)80/h1-58H. The first-order chi connectivity index (χ1) is 53.4. The number of nitriles is 2. The molecule has 0 unspecified atom stereocenters. The Bertz CT molecular complexity index is 6650. The van der Waals surface area contributed by atoms with Crippen LogP contribution in [0.1, 0.15) is 55.6 Å². The Labute approximate surface area is 623 Å². The zero-order valence-corrected chi connectivity index (χ0v) is 58.0. The number of hydrogen-bond donors (Lipinski definition) is 0. The van der Waals surface area contributed by atoms with Gasteiger partial charge in [0.05, 0.1) is 56.9 Å². The molecule has 500 valence electrons. The first-order valence-electron chi connectivity index (χ1n) is 36.2. The van der Waals surface area contributed by atoms with Gasteiger partial charge in [-0.25, -0.2) is 19.9 Å². The third-order valence-corrected chi connectivity index (χ3v) is 22.3. The monoisotopic (exact) mass is 1370 g/mol. The topological polar surface area (TPSA) is 118 Å². The Hall–Kier alpha value is -14.7. The highest BCUT2D eigenvalue weighted by Crippen LogP contribution is 2.65. The zero-order valence-electron chi connectivity index (χ0n) is 58.0. The molecule has 21 rings (SSSR count). The highest BCUT2D eigenvalue weighted by Gasteiger charge is 2.53. The molecule has 0 amide bonds. The van der Waals surface area contributed by atoms with Gasteiger partial charge in [0, 0.05) is 55.6 Å². The van der Waals surface area contributed by atoms with Gasteiger partial charge in [0.15, 0.2) is 11.6 Å². The molecule has 2 aliphatic carbocycles. The van der Waals surface area contributed by atoms with E-state index in [1.807, 2.05) is 78.9 Å². The highest BCUT2D eigenvalue weighted by molar-refractivity contribution is 5.97. The lowest BCUT2D eigenvalue weighted by Gasteiger charge is -2.39. The molecule has 0 saturated carbocycles. The summed E-state index contributed by atoms with van der Waals surface area (Å²) in [4.78, 5) is 21.4. The number of hydrogen-bond acceptors (Lipinski definition) is 8. The molecule has 2 aliphatic heterocycles. The van der Waals surface area contributed by atoms with E-state index in [4.69, 9.17) is 29.4 Å². The van der Waals surface area contributed by atoms with Crippen LogP contribution in [0, 0.1) is 22.7 Å². The van der Waals surface area contributed by atoms with Crippen LogP contribution in [-0.4, -0.2) is 19.9 Å². The third kappa shape index (κ3) is 9.61. The molecule has 17 aromatic rings. The highest BCUT2D eigenvalue weighted by atomic mass is 16.5. The van der Waals surface area contributed by atoms with Gasteiger partial charge in [0.25, 0.3) is 0 Å². The van der Waals surface area contributed by atoms with Gasteiger partial charge in [-0.2, -0.15) is 10.5 Å². The van der Waals surface area contributed by atoms with Gasteiger partial charge < -0.3 is 9.47 Å². The summed E-state index contributed by atoms with van der Waals surface area (Å²) >= 11 is 0. The van der Waals surface area contributed by atoms with Crippen molar-refractivity contribution in [2.24, 2.45) is 0 Å². The maximum atomic E-state index is 11.0. The summed E-state index contributed by atoms with van der Waals surface area (Å²) in [7, 11) is 0. The lowest BCUT2D eigenvalue weighted by Crippen LogP contribution is -2.32. The maximum Gasteiger partial charge on any atom is 0.160 e. The molecule has 8 nitrogen and oxygen atoms in total. The zero-order chi connectivity index (χ0) is 71.6. The van der Waals surface area contributed by atoms with E-state index in [2.05, 4.69) is 285 Å². The average molecular weight is 1380 g/mol. The van der Waals surface area contributed by atoms with E-state index < -0.39 is 10.8 Å². The molecular formula is C100H58N6O2. The first-order valence-corrected chi connectivity index (χ1v) is 36.2. The fourth-order valence-corrected chi connectivity index (χ4v) is 17.5. The fraction of sp³-hybridized carbons (Fsp3) is 0.0200. The lowest BCUT2D eigenvalue weighted by molar-refractivity contribution is 0.436. The summed E-state index contributed by atoms with van der Waals surface area (Å²) in [6.45, 7) is 0. The van der Waals surface area contributed by atoms with Gasteiger partial charge in [-0.3, -0.25) is 0 Å². The van der Waals surface area contributed by atoms with Gasteiger partial charge in [0.2, 0.25) is 0 Å². The molecule has 0 saturated heterocycles. The van der Waals surface area contributed by atoms with Crippen molar-refractivity contribution >= 4 is 10.8 Å². The van der Waals surface area contributed by atoms with Gasteiger partial charge in [-0.05, 0) is 161 Å². The maximum absolute atomic E-state index is 11.0. The van der Waals surface area contributed by atoms with Crippen molar-refractivity contribution in [3.05, 3.63) is 407 Å². The number of ether oxygens (including phenoxy) is 2. The molecule has 0 radical (unpaired) electrons. The van der Waals surface area contributed by atoms with Crippen LogP contribution in [0.15, 0.2) is 352 Å². The summed E-state index contributed by atoms with van der Waals surface area (Å²) in [5.74, 6) is 4.04. The van der Waals surface area contributed by atoms with Gasteiger partial charge >= 0.3 is 0 Å². The minimum absolute atomic E-state index is 0.511. The van der Waals surface area contributed by atoms with Crippen LogP contribution >= 0.6 is 0 Å². The van der Waals surface area contributed by atoms with Crippen molar-refractivity contribution in [3.8, 4) is 159 Å². The van der Waals surface area contributed by atoms with Crippen molar-refractivity contribution in [1.82, 2.24) is 19.9 Å². The molecule has 0 atom stereocenters. The van der Waals surface area contributed by atoms with Crippen molar-refractivity contribution < 1.29 is 9.47 Å². The van der Waals surface area contributed by atoms with E-state index in [0.29, 0.717) is 34.3 Å². The van der Waals surface area contributed by atoms with E-state index in [9.17, 15) is 10.5 Å². The summed E-state index contributed by atoms with van der Waals surface area (Å²) < 4.78 is 14.6. The second-order valence-corrected chi connectivity index (χ2v) is 28.1. The molecule has 108 heavy (non-hydrogen) atoms. The van der Waals surface area contributed by atoms with Gasteiger partial charge in [-0.1, -0.05) is 279 Å². The van der Waals surface area contributed by atoms with E-state index >= 15 is 0 Å². The molecule has 2 spiro atoms. The first kappa shape index (κ1) is 61.9. The molecule has 15 aromatic carbocycles. The Kier molecular flexibility index (Phi) is 14.0. The third-order valence-electron chi connectivity index (χ3n) is 22.3. The molecule has 8 heteroatoms. The SMILES string of the molecule is N#Cc1cccc(-c2ccc3c(c2)Oc2cc(-c4cc(-c5ccccc5)nc(-c5cccc(-c6cc(C#N)cc(-c7ccc8c(c7)Oc7cc(-c9cc(-c%10cccc%11ccccc%10%11)nc(-c%10ccccc%10)n9)ccc7C87c8ccccc8-c8ccccc87)c6)c5)n4)ccc2C32c3ccccc3-c3ccccc32)c1. The summed E-state index contributed by atoms with van der Waals surface area (Å²) in [6, 6.07) is 127. The molecule has 4 heterocycles. The van der Waals surface area contributed by atoms with E-state index in [1.54, 1.807) is 0 Å². The van der Waals surface area contributed by atoms with Crippen molar-refractivity contribution in [3.63, 3.8) is 0 Å². The second-order valence-electron chi connectivity index (χ2n) is 28.1. The molecule has 0 fully saturated rings. The predicted octanol–water partition coefficient (Wildman–Crippen LogP) is 24.1. The normalized spacial score (nSPS) is 13.1. The quantitative estimate of drug-likeness (QED) is 0.140. The van der Waals surface area contributed by atoms with Crippen LogP contribution in [0.25, 0.3) is 134 Å². The smallest absolute Gasteiger partial charge is 0.160 e. The largest absolute Gasteiger partial charge is 0.457 e. The minimum Gasteiger partial charge on any atom is -0.457 e. The predicted molar refractivity (Wildman–Crippen MR) is 428 cm³/mol. The van der Waals surface area contributed by atoms with E-state index in [-0.39, 0.29) is 0 Å². The summed E-state index contributed by atoms with van der Waals surface area (Å²) in [5, 5.41) is 23.2. The number of rotatable bonds is 9. The Balaban J connectivity index is 0.676. The minimum atomic E-state index is -0.751. The van der Waals surface area contributed by atoms with Crippen molar-refractivity contribution in [2.75, 3.05) is 0 Å². The Morgan fingerprint density at radius 1 is 0.222 bits per heavy atom. The average Bonchev–Trinajstić information content (AvgIpc) is 1.45. The number of aromatic nitrogens is 4. The van der Waals surface area contributed by atoms with Crippen LogP contribution in [-0.2, 0) is 10.8 Å². The van der Waals surface area contributed by atoms with Crippen LogP contribution < -0.4 is 9.47 Å². The fourth-order valence-electron chi connectivity index (χ4n) is 17.5. The van der Waals surface area contributed by atoms with Gasteiger partial charge in [-0.15, -0.1) is 0 Å². The van der Waals surface area contributed by atoms with Crippen LogP contribution in [0.5, 0.6) is 23.0 Å². The Morgan fingerprint density at radius 2 is 0.565 bits per heavy atom. The summed E-state index contributed by atoms with van der Waals surface area (Å²) in [5.41, 5.74) is 27.1. The molecule has 0 N–H and O–H groups in total. The number of benzene rings is 15. The van der Waals surface area contributed by atoms with Gasteiger partial charge in [0.1, 0.15) is 23.0 Å². The van der Waals surface area contributed by atoms with E-state index in [0.717, 1.165) is 134 Å². The molecular weight excluding hydrogens is 1320 g/mol. The second kappa shape index (κ2) is 24.5. The molecule has 0 bridgehead atoms. The van der Waals surface area contributed by atoms with Crippen LogP contribution in [0.3, 0.4) is 0 Å². The molecule has 2 aromatic heterocycles. The van der Waals surface area contributed by atoms with Crippen LogP contribution in [0.2, 0.25) is 0 Å².